The number of sulfonamides is 1. The molecule has 10 heteroatoms. The molecule has 4 rings (SSSR count). The molecule has 1 aliphatic rings. The Hall–Kier alpha value is -2.98. The number of nitrogens with one attached hydrogen (secondary N) is 1. The SMILES string of the molecule is CCc1nc(-c2ccc(C)c(S(=O)(=O)N3CCC(C(=O)NCc4ccco4)CC3)c2)no1. The number of aromatic nitrogens is 2. The molecule has 0 unspecified atom stereocenters. The van der Waals surface area contributed by atoms with Crippen molar-refractivity contribution >= 4 is 15.9 Å². The molecule has 1 fully saturated rings. The average Bonchev–Trinajstić information content (AvgIpc) is 3.50. The van der Waals surface area contributed by atoms with Gasteiger partial charge in [-0.1, -0.05) is 24.2 Å². The predicted molar refractivity (Wildman–Crippen MR) is 116 cm³/mol. The van der Waals surface area contributed by atoms with Crippen LogP contribution in [0.4, 0.5) is 0 Å². The van der Waals surface area contributed by atoms with E-state index in [1.54, 1.807) is 43.5 Å². The first-order valence-corrected chi connectivity index (χ1v) is 12.1. The van der Waals surface area contributed by atoms with Gasteiger partial charge in [0.05, 0.1) is 17.7 Å². The number of carbonyl (C=O) groups excluding carboxylic acids is 1. The maximum Gasteiger partial charge on any atom is 0.243 e. The highest BCUT2D eigenvalue weighted by Gasteiger charge is 2.33. The Balaban J connectivity index is 1.44. The van der Waals surface area contributed by atoms with Crippen LogP contribution in [0.3, 0.4) is 0 Å². The molecule has 3 heterocycles. The topological polar surface area (TPSA) is 119 Å². The second kappa shape index (κ2) is 9.25. The number of rotatable bonds is 7. The van der Waals surface area contributed by atoms with E-state index in [1.807, 2.05) is 6.92 Å². The predicted octanol–water partition coefficient (Wildman–Crippen LogP) is 2.92. The van der Waals surface area contributed by atoms with Gasteiger partial charge in [0.15, 0.2) is 0 Å². The molecule has 1 N–H and O–H groups in total. The second-order valence-electron chi connectivity index (χ2n) is 7.82. The van der Waals surface area contributed by atoms with E-state index >= 15 is 0 Å². The van der Waals surface area contributed by atoms with Gasteiger partial charge in [-0.15, -0.1) is 0 Å². The summed E-state index contributed by atoms with van der Waals surface area (Å²) in [7, 11) is -3.72. The van der Waals surface area contributed by atoms with Crippen LogP contribution in [-0.4, -0.2) is 41.9 Å². The van der Waals surface area contributed by atoms with E-state index in [1.165, 1.54) is 4.31 Å². The van der Waals surface area contributed by atoms with Gasteiger partial charge in [-0.05, 0) is 43.5 Å². The Morgan fingerprint density at radius 2 is 2.03 bits per heavy atom. The first kappa shape index (κ1) is 22.2. The smallest absolute Gasteiger partial charge is 0.243 e. The van der Waals surface area contributed by atoms with E-state index in [-0.39, 0.29) is 29.8 Å². The van der Waals surface area contributed by atoms with Crippen LogP contribution in [0.1, 0.15) is 37.0 Å². The van der Waals surface area contributed by atoms with Crippen molar-refractivity contribution in [2.75, 3.05) is 13.1 Å². The molecule has 3 aromatic rings. The molecule has 2 aromatic heterocycles. The van der Waals surface area contributed by atoms with Gasteiger partial charge in [-0.3, -0.25) is 4.79 Å². The van der Waals surface area contributed by atoms with E-state index < -0.39 is 10.0 Å². The van der Waals surface area contributed by atoms with Crippen LogP contribution in [0.25, 0.3) is 11.4 Å². The average molecular weight is 459 g/mol. The quantitative estimate of drug-likeness (QED) is 0.578. The van der Waals surface area contributed by atoms with Gasteiger partial charge in [-0.2, -0.15) is 9.29 Å². The fraction of sp³-hybridized carbons (Fsp3) is 0.409. The molecular formula is C22H26N4O5S. The molecule has 9 nitrogen and oxygen atoms in total. The van der Waals surface area contributed by atoms with E-state index in [0.717, 1.165) is 0 Å². The molecule has 1 amide bonds. The number of amides is 1. The van der Waals surface area contributed by atoms with Gasteiger partial charge in [0, 0.05) is 31.0 Å². The third-order valence-electron chi connectivity index (χ3n) is 5.68. The van der Waals surface area contributed by atoms with Crippen LogP contribution >= 0.6 is 0 Å². The molecule has 1 aliphatic heterocycles. The van der Waals surface area contributed by atoms with Crippen molar-refractivity contribution in [2.45, 2.75) is 44.6 Å². The van der Waals surface area contributed by atoms with Crippen LogP contribution in [0.5, 0.6) is 0 Å². The Morgan fingerprint density at radius 1 is 1.25 bits per heavy atom. The van der Waals surface area contributed by atoms with Crippen molar-refractivity contribution in [3.63, 3.8) is 0 Å². The van der Waals surface area contributed by atoms with Gasteiger partial charge in [-0.25, -0.2) is 8.42 Å². The van der Waals surface area contributed by atoms with Gasteiger partial charge < -0.3 is 14.3 Å². The Kier molecular flexibility index (Phi) is 6.43. The monoisotopic (exact) mass is 458 g/mol. The van der Waals surface area contributed by atoms with Crippen molar-refractivity contribution in [3.05, 3.63) is 53.8 Å². The van der Waals surface area contributed by atoms with E-state index in [4.69, 9.17) is 8.94 Å². The molecular weight excluding hydrogens is 432 g/mol. The molecule has 0 saturated carbocycles. The summed E-state index contributed by atoms with van der Waals surface area (Å²) in [4.78, 5) is 17.0. The lowest BCUT2D eigenvalue weighted by Gasteiger charge is -2.31. The van der Waals surface area contributed by atoms with Crippen molar-refractivity contribution in [1.29, 1.82) is 0 Å². The lowest BCUT2D eigenvalue weighted by atomic mass is 9.97. The third-order valence-corrected chi connectivity index (χ3v) is 7.72. The fourth-order valence-corrected chi connectivity index (χ4v) is 5.48. The summed E-state index contributed by atoms with van der Waals surface area (Å²) < 4.78 is 38.5. The maximum atomic E-state index is 13.4. The Bertz CT molecular complexity index is 1180. The molecule has 1 saturated heterocycles. The minimum Gasteiger partial charge on any atom is -0.467 e. The maximum absolute atomic E-state index is 13.4. The van der Waals surface area contributed by atoms with Crippen LogP contribution < -0.4 is 5.32 Å². The van der Waals surface area contributed by atoms with Crippen molar-refractivity contribution in [3.8, 4) is 11.4 Å². The summed E-state index contributed by atoms with van der Waals surface area (Å²) >= 11 is 0. The lowest BCUT2D eigenvalue weighted by molar-refractivity contribution is -0.126. The minimum atomic E-state index is -3.72. The number of aryl methyl sites for hydroxylation is 2. The summed E-state index contributed by atoms with van der Waals surface area (Å²) in [6.45, 7) is 4.56. The summed E-state index contributed by atoms with van der Waals surface area (Å²) in [5, 5.41) is 6.80. The number of nitrogens with zero attached hydrogens (tertiary/aromatic N) is 3. The molecule has 0 spiro atoms. The normalized spacial score (nSPS) is 15.7. The van der Waals surface area contributed by atoms with Crippen molar-refractivity contribution in [2.24, 2.45) is 5.92 Å². The number of furan rings is 1. The number of hydrogen-bond donors (Lipinski definition) is 1. The zero-order valence-corrected chi connectivity index (χ0v) is 18.9. The minimum absolute atomic E-state index is 0.0829. The Labute approximate surface area is 186 Å². The number of benzene rings is 1. The van der Waals surface area contributed by atoms with E-state index in [9.17, 15) is 13.2 Å². The highest BCUT2D eigenvalue weighted by molar-refractivity contribution is 7.89. The lowest BCUT2D eigenvalue weighted by Crippen LogP contribution is -2.43. The standard InChI is InChI=1S/C22H26N4O5S/c1-3-20-24-21(25-31-20)17-7-6-15(2)19(13-17)32(28,29)26-10-8-16(9-11-26)22(27)23-14-18-5-4-12-30-18/h4-7,12-13,16H,3,8-11,14H2,1-2H3,(H,23,27). The highest BCUT2D eigenvalue weighted by Crippen LogP contribution is 2.29. The van der Waals surface area contributed by atoms with Crippen LogP contribution in [0.15, 0.2) is 50.4 Å². The summed E-state index contributed by atoms with van der Waals surface area (Å²) in [5.74, 6) is 1.24. The molecule has 1 aromatic carbocycles. The first-order valence-electron chi connectivity index (χ1n) is 10.6. The summed E-state index contributed by atoms with van der Waals surface area (Å²) in [5.41, 5.74) is 1.23. The summed E-state index contributed by atoms with van der Waals surface area (Å²) in [6, 6.07) is 8.69. The van der Waals surface area contributed by atoms with Crippen molar-refractivity contribution in [1.82, 2.24) is 19.8 Å². The first-order chi connectivity index (χ1) is 15.4. The molecule has 0 aliphatic carbocycles. The van der Waals surface area contributed by atoms with Crippen LogP contribution in [0, 0.1) is 12.8 Å². The van der Waals surface area contributed by atoms with Gasteiger partial charge in [0.1, 0.15) is 5.76 Å². The molecule has 32 heavy (non-hydrogen) atoms. The number of carbonyl (C=O) groups is 1. The fourth-order valence-electron chi connectivity index (χ4n) is 3.76. The number of piperidine rings is 1. The van der Waals surface area contributed by atoms with E-state index in [0.29, 0.717) is 54.4 Å². The van der Waals surface area contributed by atoms with Crippen LogP contribution in [-0.2, 0) is 27.8 Å². The Morgan fingerprint density at radius 3 is 2.69 bits per heavy atom. The van der Waals surface area contributed by atoms with Gasteiger partial charge in [0.25, 0.3) is 0 Å². The molecule has 0 bridgehead atoms. The second-order valence-corrected chi connectivity index (χ2v) is 9.73. The zero-order chi connectivity index (χ0) is 22.7. The van der Waals surface area contributed by atoms with E-state index in [2.05, 4.69) is 15.5 Å². The third kappa shape index (κ3) is 4.61. The largest absolute Gasteiger partial charge is 0.467 e. The molecule has 0 atom stereocenters. The van der Waals surface area contributed by atoms with Crippen molar-refractivity contribution < 1.29 is 22.2 Å². The highest BCUT2D eigenvalue weighted by atomic mass is 32.2. The zero-order valence-electron chi connectivity index (χ0n) is 18.1. The van der Waals surface area contributed by atoms with Crippen LogP contribution in [0.2, 0.25) is 0 Å². The summed E-state index contributed by atoms with van der Waals surface area (Å²) in [6.07, 6.45) is 3.09. The molecule has 0 radical (unpaired) electrons. The number of hydrogen-bond acceptors (Lipinski definition) is 7. The van der Waals surface area contributed by atoms with Gasteiger partial charge >= 0.3 is 0 Å². The van der Waals surface area contributed by atoms with Gasteiger partial charge in [0.2, 0.25) is 27.6 Å². The molecule has 170 valence electrons.